The number of ether oxygens (including phenoxy) is 3. The van der Waals surface area contributed by atoms with E-state index in [4.69, 9.17) is 14.2 Å². The summed E-state index contributed by atoms with van der Waals surface area (Å²) in [5.41, 5.74) is -0.281. The smallest absolute Gasteiger partial charge is 0.309 e. The highest BCUT2D eigenvalue weighted by Gasteiger charge is 2.52. The SMILES string of the molecule is CCOCC1(CNC(=O)C2C3CCC(C3)C2NC(=O)c2cc(OC3CCC(C)(C(=O)O)CC3)c(C#N)cc2OC)CCC1. The summed E-state index contributed by atoms with van der Waals surface area (Å²) in [7, 11) is 1.45. The van der Waals surface area contributed by atoms with E-state index in [0.717, 1.165) is 38.5 Å². The molecule has 10 heteroatoms. The van der Waals surface area contributed by atoms with Gasteiger partial charge in [0.25, 0.3) is 5.91 Å². The number of hydrogen-bond acceptors (Lipinski definition) is 7. The van der Waals surface area contributed by atoms with Crippen LogP contribution in [0.4, 0.5) is 0 Å². The first-order chi connectivity index (χ1) is 20.6. The molecule has 0 heterocycles. The molecule has 4 atom stereocenters. The van der Waals surface area contributed by atoms with Crippen LogP contribution in [0.5, 0.6) is 11.5 Å². The van der Waals surface area contributed by atoms with E-state index in [0.29, 0.717) is 45.4 Å². The lowest BCUT2D eigenvalue weighted by Gasteiger charge is -2.42. The number of methoxy groups -OCH3 is 1. The molecule has 0 spiro atoms. The minimum absolute atomic E-state index is 0.00162. The number of carboxylic acids is 1. The summed E-state index contributed by atoms with van der Waals surface area (Å²) < 4.78 is 17.4. The number of carboxylic acid groups (broad SMARTS) is 1. The molecule has 1 aromatic rings. The highest BCUT2D eigenvalue weighted by molar-refractivity contribution is 5.98. The van der Waals surface area contributed by atoms with Crippen LogP contribution in [0.15, 0.2) is 12.1 Å². The number of benzene rings is 1. The Morgan fingerprint density at radius 1 is 1.07 bits per heavy atom. The van der Waals surface area contributed by atoms with Gasteiger partial charge in [0.1, 0.15) is 17.6 Å². The predicted octanol–water partition coefficient (Wildman–Crippen LogP) is 4.45. The molecule has 4 saturated carbocycles. The quantitative estimate of drug-likeness (QED) is 0.321. The molecule has 2 bridgehead atoms. The summed E-state index contributed by atoms with van der Waals surface area (Å²) in [6.45, 7) is 5.64. The summed E-state index contributed by atoms with van der Waals surface area (Å²) in [4.78, 5) is 39.0. The standard InChI is InChI=1S/C33H45N3O7/c1-4-42-19-33(10-5-11-33)18-35-30(38)27-20-6-7-21(14-20)28(27)36-29(37)24-16-25(22(17-34)15-26(24)41-3)43-23-8-12-32(2,13-9-23)31(39)40/h15-16,20-21,23,27-28H,4-14,18-19H2,1-3H3,(H,35,38)(H,36,37)(H,39,40). The van der Waals surface area contributed by atoms with E-state index in [1.807, 2.05) is 6.92 Å². The lowest BCUT2D eigenvalue weighted by Crippen LogP contribution is -2.52. The van der Waals surface area contributed by atoms with E-state index in [1.54, 1.807) is 13.0 Å². The van der Waals surface area contributed by atoms with E-state index in [9.17, 15) is 24.8 Å². The van der Waals surface area contributed by atoms with Crippen molar-refractivity contribution in [2.75, 3.05) is 26.9 Å². The van der Waals surface area contributed by atoms with E-state index in [-0.39, 0.29) is 69.8 Å². The number of nitrogens with zero attached hydrogens (tertiary/aromatic N) is 1. The Labute approximate surface area is 253 Å². The molecule has 0 radical (unpaired) electrons. The molecule has 4 aliphatic carbocycles. The second-order valence-electron chi connectivity index (χ2n) is 13.4. The van der Waals surface area contributed by atoms with Gasteiger partial charge in [0.15, 0.2) is 0 Å². The fourth-order valence-electron chi connectivity index (χ4n) is 7.70. The van der Waals surface area contributed by atoms with Gasteiger partial charge < -0.3 is 30.0 Å². The van der Waals surface area contributed by atoms with E-state index in [2.05, 4.69) is 16.7 Å². The van der Waals surface area contributed by atoms with Crippen LogP contribution >= 0.6 is 0 Å². The highest BCUT2D eigenvalue weighted by Crippen LogP contribution is 2.49. The van der Waals surface area contributed by atoms with Gasteiger partial charge in [0.05, 0.1) is 42.3 Å². The van der Waals surface area contributed by atoms with Crippen molar-refractivity contribution in [1.82, 2.24) is 10.6 Å². The van der Waals surface area contributed by atoms with Crippen LogP contribution < -0.4 is 20.1 Å². The topological polar surface area (TPSA) is 147 Å². The number of carbonyl (C=O) groups is 3. The molecule has 0 saturated heterocycles. The summed E-state index contributed by atoms with van der Waals surface area (Å²) in [6.07, 6.45) is 7.88. The molecule has 4 unspecified atom stereocenters. The molecular formula is C33H45N3O7. The molecule has 5 rings (SSSR count). The van der Waals surface area contributed by atoms with Gasteiger partial charge >= 0.3 is 5.97 Å². The van der Waals surface area contributed by atoms with Crippen LogP contribution in [0.3, 0.4) is 0 Å². The average molecular weight is 596 g/mol. The fourth-order valence-corrected chi connectivity index (χ4v) is 7.70. The molecule has 4 fully saturated rings. The van der Waals surface area contributed by atoms with Gasteiger partial charge in [0.2, 0.25) is 5.91 Å². The third-order valence-corrected chi connectivity index (χ3v) is 10.7. The average Bonchev–Trinajstić information content (AvgIpc) is 3.59. The maximum absolute atomic E-state index is 13.8. The fraction of sp³-hybridized carbons (Fsp3) is 0.697. The Kier molecular flexibility index (Phi) is 9.21. The minimum Gasteiger partial charge on any atom is -0.496 e. The number of carbonyl (C=O) groups excluding carboxylic acids is 2. The molecule has 1 aromatic carbocycles. The van der Waals surface area contributed by atoms with E-state index >= 15 is 0 Å². The summed E-state index contributed by atoms with van der Waals surface area (Å²) >= 11 is 0. The Morgan fingerprint density at radius 2 is 1.79 bits per heavy atom. The van der Waals surface area contributed by atoms with Crippen LogP contribution in [-0.2, 0) is 14.3 Å². The van der Waals surface area contributed by atoms with Crippen molar-refractivity contribution in [3.8, 4) is 17.6 Å². The van der Waals surface area contributed by atoms with Gasteiger partial charge in [-0.2, -0.15) is 5.26 Å². The van der Waals surface area contributed by atoms with E-state index < -0.39 is 11.4 Å². The maximum atomic E-state index is 13.8. The normalized spacial score (nSPS) is 30.5. The van der Waals surface area contributed by atoms with Gasteiger partial charge in [-0.3, -0.25) is 14.4 Å². The first-order valence-corrected chi connectivity index (χ1v) is 15.8. The second kappa shape index (κ2) is 12.7. The molecule has 0 aromatic heterocycles. The summed E-state index contributed by atoms with van der Waals surface area (Å²) in [5, 5.41) is 25.8. The van der Waals surface area contributed by atoms with Crippen molar-refractivity contribution in [3.05, 3.63) is 23.3 Å². The molecule has 43 heavy (non-hydrogen) atoms. The first kappa shape index (κ1) is 31.1. The number of aliphatic carboxylic acids is 1. The van der Waals surface area contributed by atoms with E-state index in [1.165, 1.54) is 13.2 Å². The third kappa shape index (κ3) is 6.33. The van der Waals surface area contributed by atoms with Crippen molar-refractivity contribution >= 4 is 17.8 Å². The van der Waals surface area contributed by atoms with Crippen LogP contribution in [0.1, 0.15) is 94.0 Å². The molecule has 234 valence electrons. The molecule has 4 aliphatic rings. The Hall–Kier alpha value is -3.32. The molecular weight excluding hydrogens is 550 g/mol. The number of amides is 2. The first-order valence-electron chi connectivity index (χ1n) is 15.8. The minimum atomic E-state index is -0.812. The molecule has 2 amide bonds. The van der Waals surface area contributed by atoms with Gasteiger partial charge in [-0.05, 0) is 89.5 Å². The monoisotopic (exact) mass is 595 g/mol. The maximum Gasteiger partial charge on any atom is 0.309 e. The van der Waals surface area contributed by atoms with Gasteiger partial charge in [-0.25, -0.2) is 0 Å². The van der Waals surface area contributed by atoms with Crippen molar-refractivity contribution < 1.29 is 33.7 Å². The predicted molar refractivity (Wildman–Crippen MR) is 158 cm³/mol. The number of fused-ring (bicyclic) bond motifs is 2. The van der Waals surface area contributed by atoms with Gasteiger partial charge in [-0.15, -0.1) is 0 Å². The van der Waals surface area contributed by atoms with Crippen LogP contribution in [0, 0.1) is 39.9 Å². The number of nitriles is 1. The lowest BCUT2D eigenvalue weighted by molar-refractivity contribution is -0.150. The van der Waals surface area contributed by atoms with Gasteiger partial charge in [-0.1, -0.05) is 6.42 Å². The van der Waals surface area contributed by atoms with Crippen molar-refractivity contribution in [2.24, 2.45) is 28.6 Å². The third-order valence-electron chi connectivity index (χ3n) is 10.7. The molecule has 10 nitrogen and oxygen atoms in total. The Morgan fingerprint density at radius 3 is 2.40 bits per heavy atom. The number of rotatable bonds is 12. The van der Waals surface area contributed by atoms with Crippen LogP contribution in [0.25, 0.3) is 0 Å². The van der Waals surface area contributed by atoms with Crippen LogP contribution in [-0.4, -0.2) is 61.9 Å². The second-order valence-corrected chi connectivity index (χ2v) is 13.4. The van der Waals surface area contributed by atoms with Crippen molar-refractivity contribution in [1.29, 1.82) is 5.26 Å². The number of nitrogens with one attached hydrogen (secondary N) is 2. The zero-order chi connectivity index (χ0) is 30.8. The summed E-state index contributed by atoms with van der Waals surface area (Å²) in [6, 6.07) is 4.91. The zero-order valence-corrected chi connectivity index (χ0v) is 25.6. The van der Waals surface area contributed by atoms with Crippen LogP contribution in [0.2, 0.25) is 0 Å². The Balaban J connectivity index is 1.29. The lowest BCUT2D eigenvalue weighted by atomic mass is 9.69. The number of hydrogen-bond donors (Lipinski definition) is 3. The molecule has 3 N–H and O–H groups in total. The van der Waals surface area contributed by atoms with Crippen molar-refractivity contribution in [2.45, 2.75) is 90.2 Å². The van der Waals surface area contributed by atoms with Gasteiger partial charge in [0, 0.05) is 30.7 Å². The Bertz CT molecular complexity index is 1260. The highest BCUT2D eigenvalue weighted by atomic mass is 16.5. The summed E-state index contributed by atoms with van der Waals surface area (Å²) in [5.74, 6) is -0.460. The zero-order valence-electron chi connectivity index (χ0n) is 25.6. The van der Waals surface area contributed by atoms with Crippen molar-refractivity contribution in [3.63, 3.8) is 0 Å². The largest absolute Gasteiger partial charge is 0.496 e. The molecule has 0 aliphatic heterocycles.